The van der Waals surface area contributed by atoms with E-state index in [1.807, 2.05) is 0 Å². The first-order valence-corrected chi connectivity index (χ1v) is 5.65. The Labute approximate surface area is 103 Å². The zero-order valence-corrected chi connectivity index (χ0v) is 9.57. The molecule has 1 fully saturated rings. The molecule has 0 saturated carbocycles. The van der Waals surface area contributed by atoms with E-state index in [0.717, 1.165) is 0 Å². The maximum atomic E-state index is 9.40. The van der Waals surface area contributed by atoms with Crippen LogP contribution >= 0.6 is 0 Å². The third-order valence-electron chi connectivity index (χ3n) is 2.64. The van der Waals surface area contributed by atoms with Crippen molar-refractivity contribution < 1.29 is 19.1 Å². The Kier molecular flexibility index (Phi) is 2.95. The zero-order chi connectivity index (χ0) is 12.4. The van der Waals surface area contributed by atoms with Crippen LogP contribution in [0, 0.1) is 0 Å². The molecule has 2 aromatic rings. The second-order valence-corrected chi connectivity index (χ2v) is 3.94. The molecule has 18 heavy (non-hydrogen) atoms. The molecule has 1 atom stereocenters. The fraction of sp³-hybridized carbons (Fsp3) is 0.333. The van der Waals surface area contributed by atoms with Crippen molar-refractivity contribution in [1.82, 2.24) is 10.1 Å². The average Bonchev–Trinajstić information content (AvgIpc) is 2.89. The van der Waals surface area contributed by atoms with Gasteiger partial charge >= 0.3 is 0 Å². The highest BCUT2D eigenvalue weighted by molar-refractivity contribution is 5.56. The first kappa shape index (κ1) is 11.2. The van der Waals surface area contributed by atoms with Crippen molar-refractivity contribution in [2.75, 3.05) is 19.8 Å². The summed E-state index contributed by atoms with van der Waals surface area (Å²) in [6.07, 6.45) is -0.308. The Hall–Kier alpha value is -1.92. The number of ether oxygens (including phenoxy) is 2. The van der Waals surface area contributed by atoms with Gasteiger partial charge in [0.1, 0.15) is 5.75 Å². The number of benzene rings is 1. The lowest BCUT2D eigenvalue weighted by Gasteiger charge is -2.19. The smallest absolute Gasteiger partial charge is 0.258 e. The van der Waals surface area contributed by atoms with Gasteiger partial charge in [0, 0.05) is 5.56 Å². The van der Waals surface area contributed by atoms with E-state index in [0.29, 0.717) is 37.1 Å². The quantitative estimate of drug-likeness (QED) is 0.868. The minimum Gasteiger partial charge on any atom is -0.508 e. The van der Waals surface area contributed by atoms with Gasteiger partial charge in [0.2, 0.25) is 5.82 Å². The Morgan fingerprint density at radius 3 is 3.00 bits per heavy atom. The average molecular weight is 248 g/mol. The second-order valence-electron chi connectivity index (χ2n) is 3.94. The van der Waals surface area contributed by atoms with E-state index >= 15 is 0 Å². The number of nitrogens with zero attached hydrogens (tertiary/aromatic N) is 2. The molecule has 94 valence electrons. The number of phenolic OH excluding ortho intramolecular Hbond substituents is 1. The molecule has 1 aromatic heterocycles. The van der Waals surface area contributed by atoms with E-state index in [-0.39, 0.29) is 11.9 Å². The summed E-state index contributed by atoms with van der Waals surface area (Å²) >= 11 is 0. The summed E-state index contributed by atoms with van der Waals surface area (Å²) in [6.45, 7) is 1.53. The first-order chi connectivity index (χ1) is 8.83. The van der Waals surface area contributed by atoms with Gasteiger partial charge in [-0.3, -0.25) is 0 Å². The van der Waals surface area contributed by atoms with Crippen molar-refractivity contribution in [2.24, 2.45) is 0 Å². The minimum absolute atomic E-state index is 0.163. The first-order valence-electron chi connectivity index (χ1n) is 5.65. The second kappa shape index (κ2) is 4.75. The standard InChI is InChI=1S/C12H12N2O4/c15-9-3-1-2-8(6-9)11-13-12(18-14-11)10-7-16-4-5-17-10/h1-3,6,10,15H,4-5,7H2. The van der Waals surface area contributed by atoms with E-state index in [4.69, 9.17) is 14.0 Å². The van der Waals surface area contributed by atoms with Crippen LogP contribution in [-0.4, -0.2) is 35.1 Å². The summed E-state index contributed by atoms with van der Waals surface area (Å²) in [7, 11) is 0. The van der Waals surface area contributed by atoms with Crippen molar-refractivity contribution >= 4 is 0 Å². The molecule has 1 N–H and O–H groups in total. The van der Waals surface area contributed by atoms with Crippen LogP contribution in [0.1, 0.15) is 12.0 Å². The van der Waals surface area contributed by atoms with Crippen molar-refractivity contribution in [3.8, 4) is 17.1 Å². The van der Waals surface area contributed by atoms with Crippen molar-refractivity contribution in [3.63, 3.8) is 0 Å². The molecule has 1 aromatic carbocycles. The normalized spacial score (nSPS) is 19.9. The number of phenols is 1. The van der Waals surface area contributed by atoms with Gasteiger partial charge in [-0.1, -0.05) is 17.3 Å². The summed E-state index contributed by atoms with van der Waals surface area (Å²) in [6, 6.07) is 6.68. The molecule has 6 nitrogen and oxygen atoms in total. The van der Waals surface area contributed by atoms with Crippen molar-refractivity contribution in [3.05, 3.63) is 30.2 Å². The molecular weight excluding hydrogens is 236 g/mol. The monoisotopic (exact) mass is 248 g/mol. The number of aromatic nitrogens is 2. The third-order valence-corrected chi connectivity index (χ3v) is 2.64. The molecule has 0 amide bonds. The lowest BCUT2D eigenvalue weighted by atomic mass is 10.2. The minimum atomic E-state index is -0.308. The van der Waals surface area contributed by atoms with Gasteiger partial charge in [-0.2, -0.15) is 4.98 Å². The number of hydrogen-bond donors (Lipinski definition) is 1. The summed E-state index contributed by atoms with van der Waals surface area (Å²) in [5.74, 6) is 0.985. The van der Waals surface area contributed by atoms with Gasteiger partial charge in [0.15, 0.2) is 6.10 Å². The van der Waals surface area contributed by atoms with Gasteiger partial charge in [-0.15, -0.1) is 0 Å². The van der Waals surface area contributed by atoms with Crippen LogP contribution in [0.15, 0.2) is 28.8 Å². The molecule has 2 heterocycles. The third kappa shape index (κ3) is 2.20. The Bertz CT molecular complexity index is 534. The van der Waals surface area contributed by atoms with Crippen molar-refractivity contribution in [2.45, 2.75) is 6.10 Å². The van der Waals surface area contributed by atoms with E-state index in [2.05, 4.69) is 10.1 Å². The molecule has 0 aliphatic carbocycles. The van der Waals surface area contributed by atoms with E-state index < -0.39 is 0 Å². The van der Waals surface area contributed by atoms with Gasteiger partial charge in [-0.25, -0.2) is 0 Å². The molecule has 1 aliphatic rings. The highest BCUT2D eigenvalue weighted by Gasteiger charge is 2.23. The SMILES string of the molecule is Oc1cccc(-c2noc(C3COCCO3)n2)c1. The van der Waals surface area contributed by atoms with Gasteiger partial charge in [0.25, 0.3) is 5.89 Å². The summed E-state index contributed by atoms with van der Waals surface area (Å²) in [5.41, 5.74) is 0.696. The van der Waals surface area contributed by atoms with Gasteiger partial charge < -0.3 is 19.1 Å². The summed E-state index contributed by atoms with van der Waals surface area (Å²) in [5, 5.41) is 13.3. The van der Waals surface area contributed by atoms with Crippen LogP contribution in [0.5, 0.6) is 5.75 Å². The number of hydrogen-bond acceptors (Lipinski definition) is 6. The van der Waals surface area contributed by atoms with Crippen LogP contribution < -0.4 is 0 Å². The molecular formula is C12H12N2O4. The van der Waals surface area contributed by atoms with Crippen LogP contribution in [0.25, 0.3) is 11.4 Å². The van der Waals surface area contributed by atoms with E-state index in [1.165, 1.54) is 0 Å². The van der Waals surface area contributed by atoms with Crippen LogP contribution in [0.3, 0.4) is 0 Å². The van der Waals surface area contributed by atoms with Gasteiger partial charge in [0.05, 0.1) is 19.8 Å². The highest BCUT2D eigenvalue weighted by Crippen LogP contribution is 2.24. The zero-order valence-electron chi connectivity index (χ0n) is 9.57. The predicted octanol–water partition coefficient (Wildman–Crippen LogP) is 1.53. The van der Waals surface area contributed by atoms with Crippen molar-refractivity contribution in [1.29, 1.82) is 0 Å². The molecule has 1 saturated heterocycles. The Morgan fingerprint density at radius 1 is 1.28 bits per heavy atom. The maximum Gasteiger partial charge on any atom is 0.258 e. The number of aromatic hydroxyl groups is 1. The van der Waals surface area contributed by atoms with Crippen LogP contribution in [0.4, 0.5) is 0 Å². The molecule has 6 heteroatoms. The van der Waals surface area contributed by atoms with E-state index in [9.17, 15) is 5.11 Å². The summed E-state index contributed by atoms with van der Waals surface area (Å²) < 4.78 is 15.9. The van der Waals surface area contributed by atoms with Crippen LogP contribution in [-0.2, 0) is 9.47 Å². The molecule has 1 unspecified atom stereocenters. The molecule has 0 radical (unpaired) electrons. The fourth-order valence-corrected chi connectivity index (χ4v) is 1.76. The highest BCUT2D eigenvalue weighted by atomic mass is 16.6. The van der Waals surface area contributed by atoms with Crippen LogP contribution in [0.2, 0.25) is 0 Å². The lowest BCUT2D eigenvalue weighted by molar-refractivity contribution is -0.101. The topological polar surface area (TPSA) is 77.6 Å². The molecule has 0 spiro atoms. The Morgan fingerprint density at radius 2 is 2.22 bits per heavy atom. The fourth-order valence-electron chi connectivity index (χ4n) is 1.76. The maximum absolute atomic E-state index is 9.40. The predicted molar refractivity (Wildman–Crippen MR) is 60.9 cm³/mol. The lowest BCUT2D eigenvalue weighted by Crippen LogP contribution is -2.22. The largest absolute Gasteiger partial charge is 0.508 e. The Balaban J connectivity index is 1.84. The van der Waals surface area contributed by atoms with E-state index in [1.54, 1.807) is 24.3 Å². The molecule has 1 aliphatic heterocycles. The van der Waals surface area contributed by atoms with Gasteiger partial charge in [-0.05, 0) is 12.1 Å². The molecule has 3 rings (SSSR count). The summed E-state index contributed by atoms with van der Waals surface area (Å²) in [4.78, 5) is 4.25. The number of rotatable bonds is 2. The molecule has 0 bridgehead atoms.